The monoisotopic (exact) mass is 230 g/mol. The number of hydrogen-bond acceptors (Lipinski definition) is 3. The highest BCUT2D eigenvalue weighted by Gasteiger charge is 2.05. The van der Waals surface area contributed by atoms with Crippen molar-refractivity contribution < 1.29 is 9.59 Å². The predicted octanol–water partition coefficient (Wildman–Crippen LogP) is -0.0153. The molecule has 0 radical (unpaired) electrons. The number of nitrogens with one attached hydrogen (secondary N) is 2. The number of alkyl halides is 1. The van der Waals surface area contributed by atoms with Crippen LogP contribution in [0.5, 0.6) is 0 Å². The molecule has 6 nitrogen and oxygen atoms in total. The number of aryl methyl sites for hydroxylation is 1. The zero-order chi connectivity index (χ0) is 11.3. The van der Waals surface area contributed by atoms with Crippen molar-refractivity contribution in [3.05, 3.63) is 18.0 Å². The Morgan fingerprint density at radius 1 is 1.60 bits per heavy atom. The Morgan fingerprint density at radius 2 is 2.33 bits per heavy atom. The lowest BCUT2D eigenvalue weighted by molar-refractivity contribution is -0.117. The topological polar surface area (TPSA) is 76.0 Å². The molecule has 2 N–H and O–H groups in total. The second-order valence-electron chi connectivity index (χ2n) is 2.85. The third-order valence-corrected chi connectivity index (χ3v) is 1.82. The van der Waals surface area contributed by atoms with Crippen LogP contribution in [0.15, 0.2) is 12.3 Å². The molecule has 0 aliphatic heterocycles. The van der Waals surface area contributed by atoms with Gasteiger partial charge in [0.25, 0.3) is 0 Å². The maximum atomic E-state index is 11.1. The normalized spacial score (nSPS) is 9.73. The molecule has 82 valence electrons. The Kier molecular flexibility index (Phi) is 4.11. The van der Waals surface area contributed by atoms with Gasteiger partial charge in [0, 0.05) is 13.2 Å². The number of imide groups is 1. The fraction of sp³-hybridized carbons (Fsp3) is 0.375. The summed E-state index contributed by atoms with van der Waals surface area (Å²) < 4.78 is 1.62. The van der Waals surface area contributed by atoms with E-state index in [1.54, 1.807) is 24.0 Å². The van der Waals surface area contributed by atoms with Crippen LogP contribution in [0.1, 0.15) is 5.69 Å². The summed E-state index contributed by atoms with van der Waals surface area (Å²) in [6.45, 7) is 0.266. The average Bonchev–Trinajstić information content (AvgIpc) is 2.61. The summed E-state index contributed by atoms with van der Waals surface area (Å²) in [5.74, 6) is -0.771. The van der Waals surface area contributed by atoms with Gasteiger partial charge in [-0.2, -0.15) is 5.10 Å². The van der Waals surface area contributed by atoms with Crippen LogP contribution in [0.25, 0.3) is 0 Å². The standard InChI is InChI=1S/C8H11ClN4O2/c1-13-3-2-6(12-13)5-10-8(15)11-7(14)4-9/h2-3H,4-5H2,1H3,(H2,10,11,14,15). The summed E-state index contributed by atoms with van der Waals surface area (Å²) in [7, 11) is 1.78. The number of hydrogen-bond donors (Lipinski definition) is 2. The molecular formula is C8H11ClN4O2. The Balaban J connectivity index is 2.31. The minimum Gasteiger partial charge on any atom is -0.332 e. The molecule has 0 spiro atoms. The van der Waals surface area contributed by atoms with Gasteiger partial charge in [-0.1, -0.05) is 0 Å². The maximum absolute atomic E-state index is 11.1. The Labute approximate surface area is 91.6 Å². The molecule has 0 fully saturated rings. The van der Waals surface area contributed by atoms with E-state index in [4.69, 9.17) is 11.6 Å². The molecule has 1 aromatic rings. The molecule has 0 aromatic carbocycles. The van der Waals surface area contributed by atoms with Gasteiger partial charge in [-0.15, -0.1) is 11.6 Å². The van der Waals surface area contributed by atoms with Crippen molar-refractivity contribution in [3.8, 4) is 0 Å². The van der Waals surface area contributed by atoms with Gasteiger partial charge in [0.15, 0.2) is 0 Å². The molecule has 1 rings (SSSR count). The molecule has 0 saturated carbocycles. The molecule has 3 amide bonds. The van der Waals surface area contributed by atoms with E-state index < -0.39 is 11.9 Å². The Morgan fingerprint density at radius 3 is 2.87 bits per heavy atom. The molecule has 0 aliphatic carbocycles. The zero-order valence-electron chi connectivity index (χ0n) is 8.16. The van der Waals surface area contributed by atoms with Gasteiger partial charge in [0.1, 0.15) is 5.88 Å². The number of carbonyl (C=O) groups is 2. The highest BCUT2D eigenvalue weighted by Crippen LogP contribution is 1.92. The first-order chi connectivity index (χ1) is 7.11. The molecule has 0 atom stereocenters. The van der Waals surface area contributed by atoms with Gasteiger partial charge in [0.2, 0.25) is 5.91 Å². The average molecular weight is 231 g/mol. The van der Waals surface area contributed by atoms with Crippen LogP contribution < -0.4 is 10.6 Å². The van der Waals surface area contributed by atoms with E-state index in [1.807, 2.05) is 0 Å². The van der Waals surface area contributed by atoms with Gasteiger partial charge < -0.3 is 5.32 Å². The van der Waals surface area contributed by atoms with Gasteiger partial charge >= 0.3 is 6.03 Å². The lowest BCUT2D eigenvalue weighted by atomic mass is 10.4. The Bertz CT molecular complexity index is 363. The summed E-state index contributed by atoms with van der Waals surface area (Å²) in [4.78, 5) is 21.8. The number of halogens is 1. The van der Waals surface area contributed by atoms with E-state index in [2.05, 4.69) is 15.7 Å². The van der Waals surface area contributed by atoms with E-state index in [0.717, 1.165) is 0 Å². The number of rotatable bonds is 3. The SMILES string of the molecule is Cn1ccc(CNC(=O)NC(=O)CCl)n1. The fourth-order valence-corrected chi connectivity index (χ4v) is 0.999. The third-order valence-electron chi connectivity index (χ3n) is 1.57. The minimum absolute atomic E-state index is 0.239. The number of urea groups is 1. The smallest absolute Gasteiger partial charge is 0.321 e. The maximum Gasteiger partial charge on any atom is 0.321 e. The number of amides is 3. The first kappa shape index (κ1) is 11.5. The molecular weight excluding hydrogens is 220 g/mol. The van der Waals surface area contributed by atoms with Crippen LogP contribution in [-0.2, 0) is 18.4 Å². The number of carbonyl (C=O) groups excluding carboxylic acids is 2. The van der Waals surface area contributed by atoms with Crippen LogP contribution >= 0.6 is 11.6 Å². The first-order valence-corrected chi connectivity index (χ1v) is 4.77. The molecule has 1 heterocycles. The van der Waals surface area contributed by atoms with E-state index in [9.17, 15) is 9.59 Å². The van der Waals surface area contributed by atoms with Crippen LogP contribution in [-0.4, -0.2) is 27.6 Å². The van der Waals surface area contributed by atoms with Crippen molar-refractivity contribution in [3.63, 3.8) is 0 Å². The largest absolute Gasteiger partial charge is 0.332 e. The minimum atomic E-state index is -0.577. The van der Waals surface area contributed by atoms with Crippen molar-refractivity contribution >= 4 is 23.5 Å². The van der Waals surface area contributed by atoms with Crippen molar-refractivity contribution in [1.82, 2.24) is 20.4 Å². The van der Waals surface area contributed by atoms with E-state index in [-0.39, 0.29) is 12.4 Å². The van der Waals surface area contributed by atoms with E-state index >= 15 is 0 Å². The molecule has 1 aromatic heterocycles. The molecule has 0 aliphatic rings. The van der Waals surface area contributed by atoms with E-state index in [0.29, 0.717) is 5.69 Å². The summed E-state index contributed by atoms with van der Waals surface area (Å²) in [5.41, 5.74) is 0.714. The highest BCUT2D eigenvalue weighted by atomic mass is 35.5. The quantitative estimate of drug-likeness (QED) is 0.717. The number of aromatic nitrogens is 2. The van der Waals surface area contributed by atoms with Crippen LogP contribution in [0.2, 0.25) is 0 Å². The van der Waals surface area contributed by atoms with Crippen molar-refractivity contribution in [2.24, 2.45) is 7.05 Å². The molecule has 7 heteroatoms. The lowest BCUT2D eigenvalue weighted by Crippen LogP contribution is -2.39. The van der Waals surface area contributed by atoms with Gasteiger partial charge in [0.05, 0.1) is 12.2 Å². The second kappa shape index (κ2) is 5.35. The van der Waals surface area contributed by atoms with E-state index in [1.165, 1.54) is 0 Å². The number of nitrogens with zero attached hydrogens (tertiary/aromatic N) is 2. The van der Waals surface area contributed by atoms with Gasteiger partial charge in [-0.05, 0) is 6.07 Å². The fourth-order valence-electron chi connectivity index (χ4n) is 0.933. The third kappa shape index (κ3) is 3.99. The molecule has 0 bridgehead atoms. The van der Waals surface area contributed by atoms with Crippen molar-refractivity contribution in [1.29, 1.82) is 0 Å². The molecule has 0 unspecified atom stereocenters. The summed E-state index contributed by atoms with van der Waals surface area (Å²) in [5, 5.41) is 8.57. The molecule has 0 saturated heterocycles. The van der Waals surface area contributed by atoms with Crippen molar-refractivity contribution in [2.75, 3.05) is 5.88 Å². The van der Waals surface area contributed by atoms with Crippen LogP contribution in [0.4, 0.5) is 4.79 Å². The zero-order valence-corrected chi connectivity index (χ0v) is 8.91. The summed E-state index contributed by atoms with van der Waals surface area (Å²) in [6, 6.07) is 1.19. The van der Waals surface area contributed by atoms with Crippen LogP contribution in [0.3, 0.4) is 0 Å². The molecule has 15 heavy (non-hydrogen) atoms. The summed E-state index contributed by atoms with van der Waals surface area (Å²) in [6.07, 6.45) is 1.76. The lowest BCUT2D eigenvalue weighted by Gasteiger charge is -2.02. The van der Waals surface area contributed by atoms with Gasteiger partial charge in [-0.3, -0.25) is 14.8 Å². The Hall–Kier alpha value is -1.56. The van der Waals surface area contributed by atoms with Crippen molar-refractivity contribution in [2.45, 2.75) is 6.54 Å². The first-order valence-electron chi connectivity index (χ1n) is 4.24. The second-order valence-corrected chi connectivity index (χ2v) is 3.11. The summed E-state index contributed by atoms with van der Waals surface area (Å²) >= 11 is 5.21. The van der Waals surface area contributed by atoms with Gasteiger partial charge in [-0.25, -0.2) is 4.79 Å². The highest BCUT2D eigenvalue weighted by molar-refractivity contribution is 6.28. The predicted molar refractivity (Wildman–Crippen MR) is 54.3 cm³/mol. The van der Waals surface area contributed by atoms with Crippen LogP contribution in [0, 0.1) is 0 Å².